The SMILES string of the molecule is C=CC.[HH].[HH].[HH].[SiH4]. The summed E-state index contributed by atoms with van der Waals surface area (Å²) < 4.78 is 0. The number of hydrogen-bond acceptors (Lipinski definition) is 0. The summed E-state index contributed by atoms with van der Waals surface area (Å²) in [4.78, 5) is 0. The standard InChI is InChI=1S/C3H6.H4Si.3H2/c1-3-2;;;;/h3H,1H2,2H3;1H4;3*1H. The van der Waals surface area contributed by atoms with Crippen LogP contribution in [0.4, 0.5) is 0 Å². The Morgan fingerprint density at radius 1 is 2.00 bits per heavy atom. The van der Waals surface area contributed by atoms with Gasteiger partial charge in [-0.1, -0.05) is 6.08 Å². The minimum absolute atomic E-state index is 0. The monoisotopic (exact) mass is 80.1 g/mol. The van der Waals surface area contributed by atoms with Gasteiger partial charge in [0.2, 0.25) is 0 Å². The Kier molecular flexibility index (Phi) is 27.9. The molecule has 0 N–H and O–H groups in total. The molecule has 0 amide bonds. The average Bonchev–Trinajstić information content (AvgIpc) is 0.918. The van der Waals surface area contributed by atoms with E-state index in [0.717, 1.165) is 0 Å². The fourth-order valence-corrected chi connectivity index (χ4v) is 0. The highest BCUT2D eigenvalue weighted by Gasteiger charge is 1.15. The highest BCUT2D eigenvalue weighted by molar-refractivity contribution is 5.75. The summed E-state index contributed by atoms with van der Waals surface area (Å²) in [6.45, 7) is 5.25. The van der Waals surface area contributed by atoms with E-state index in [4.69, 9.17) is 0 Å². The van der Waals surface area contributed by atoms with Crippen LogP contribution >= 0.6 is 0 Å². The van der Waals surface area contributed by atoms with Gasteiger partial charge in [0.1, 0.15) is 0 Å². The summed E-state index contributed by atoms with van der Waals surface area (Å²) in [7, 11) is 0. The second-order valence-electron chi connectivity index (χ2n) is 0.408. The third kappa shape index (κ3) is 964. The minimum atomic E-state index is 0. The lowest BCUT2D eigenvalue weighted by atomic mass is 10.8. The van der Waals surface area contributed by atoms with Crippen molar-refractivity contribution in [2.24, 2.45) is 0 Å². The van der Waals surface area contributed by atoms with Crippen molar-refractivity contribution in [3.8, 4) is 0 Å². The van der Waals surface area contributed by atoms with Crippen molar-refractivity contribution in [3.05, 3.63) is 12.7 Å². The van der Waals surface area contributed by atoms with Gasteiger partial charge in [-0.05, 0) is 17.9 Å². The first-order valence-electron chi connectivity index (χ1n) is 0.986. The van der Waals surface area contributed by atoms with Gasteiger partial charge in [-0.25, -0.2) is 0 Å². The van der Waals surface area contributed by atoms with E-state index in [2.05, 4.69) is 6.58 Å². The zero-order valence-electron chi connectivity index (χ0n) is 2.28. The fourth-order valence-electron chi connectivity index (χ4n) is 0. The number of hydrogen-bond donors (Lipinski definition) is 0. The van der Waals surface area contributed by atoms with Crippen LogP contribution in [0, 0.1) is 0 Å². The maximum atomic E-state index is 3.36. The zero-order chi connectivity index (χ0) is 2.71. The van der Waals surface area contributed by atoms with E-state index in [1.165, 1.54) is 0 Å². The summed E-state index contributed by atoms with van der Waals surface area (Å²) in [5.41, 5.74) is 0. The van der Waals surface area contributed by atoms with Crippen LogP contribution in [0.1, 0.15) is 11.2 Å². The molecule has 1 heteroatoms. The van der Waals surface area contributed by atoms with Gasteiger partial charge >= 0.3 is 0 Å². The van der Waals surface area contributed by atoms with Crippen LogP contribution in [0.15, 0.2) is 12.7 Å². The molecule has 0 unspecified atom stereocenters. The van der Waals surface area contributed by atoms with Crippen molar-refractivity contribution >= 4 is 11.0 Å². The van der Waals surface area contributed by atoms with E-state index >= 15 is 0 Å². The molecular weight excluding hydrogens is 64.1 g/mol. The Labute approximate surface area is 36.0 Å². The van der Waals surface area contributed by atoms with E-state index in [9.17, 15) is 0 Å². The quantitative estimate of drug-likeness (QED) is 0.293. The molecule has 0 radical (unpaired) electrons. The van der Waals surface area contributed by atoms with Gasteiger partial charge in [-0.2, -0.15) is 0 Å². The van der Waals surface area contributed by atoms with Crippen molar-refractivity contribution in [2.45, 2.75) is 6.92 Å². The van der Waals surface area contributed by atoms with Gasteiger partial charge in [-0.3, -0.25) is 0 Å². The molecule has 0 fully saturated rings. The van der Waals surface area contributed by atoms with Crippen molar-refractivity contribution < 1.29 is 4.28 Å². The summed E-state index contributed by atoms with van der Waals surface area (Å²) in [5, 5.41) is 0. The molecule has 0 aromatic rings. The second-order valence-corrected chi connectivity index (χ2v) is 0.408. The third-order valence-electron chi connectivity index (χ3n) is 0. The van der Waals surface area contributed by atoms with Crippen LogP contribution in [0.2, 0.25) is 0 Å². The van der Waals surface area contributed by atoms with Crippen LogP contribution in [-0.2, 0) is 0 Å². The first kappa shape index (κ1) is 9.03. The Morgan fingerprint density at radius 2 is 2.00 bits per heavy atom. The van der Waals surface area contributed by atoms with Gasteiger partial charge in [0, 0.05) is 4.28 Å². The van der Waals surface area contributed by atoms with Crippen molar-refractivity contribution in [1.82, 2.24) is 0 Å². The Hall–Kier alpha value is -0.0431. The van der Waals surface area contributed by atoms with Gasteiger partial charge in [-0.15, -0.1) is 6.58 Å². The molecular formula is C3H16Si. The summed E-state index contributed by atoms with van der Waals surface area (Å²) in [6.07, 6.45) is 1.75. The predicted octanol–water partition coefficient (Wildman–Crippen LogP) is 0.479. The minimum Gasteiger partial charge on any atom is -0.103 e. The molecule has 0 heterocycles. The van der Waals surface area contributed by atoms with Gasteiger partial charge < -0.3 is 0 Å². The van der Waals surface area contributed by atoms with E-state index < -0.39 is 0 Å². The molecule has 0 aromatic carbocycles. The first-order valence-corrected chi connectivity index (χ1v) is 0.986. The molecule has 0 aliphatic carbocycles. The van der Waals surface area contributed by atoms with E-state index in [0.29, 0.717) is 0 Å². The van der Waals surface area contributed by atoms with Crippen molar-refractivity contribution in [1.29, 1.82) is 0 Å². The molecule has 4 heavy (non-hydrogen) atoms. The lowest BCUT2D eigenvalue weighted by Gasteiger charge is -1.31. The van der Waals surface area contributed by atoms with Crippen molar-refractivity contribution in [3.63, 3.8) is 0 Å². The Morgan fingerprint density at radius 3 is 2.00 bits per heavy atom. The van der Waals surface area contributed by atoms with Crippen LogP contribution in [0.5, 0.6) is 0 Å². The average molecular weight is 80.2 g/mol. The summed E-state index contributed by atoms with van der Waals surface area (Å²) >= 11 is 0. The van der Waals surface area contributed by atoms with Crippen LogP contribution in [-0.4, -0.2) is 11.0 Å². The molecule has 0 aliphatic rings. The number of allylic oxidation sites excluding steroid dienone is 1. The highest BCUT2D eigenvalue weighted by Crippen LogP contribution is 1.38. The molecule has 0 bridgehead atoms. The Balaban J connectivity index is -0.00000000333. The Bertz CT molecular complexity index is 17.7. The molecule has 32 valence electrons. The molecule has 0 saturated carbocycles. The third-order valence-corrected chi connectivity index (χ3v) is 0. The summed E-state index contributed by atoms with van der Waals surface area (Å²) in [6, 6.07) is 0. The molecule has 0 atom stereocenters. The van der Waals surface area contributed by atoms with E-state index in [1.807, 2.05) is 6.92 Å². The molecule has 0 aromatic heterocycles. The predicted molar refractivity (Wildman–Crippen MR) is 33.5 cm³/mol. The highest BCUT2D eigenvalue weighted by atomic mass is 28.1. The van der Waals surface area contributed by atoms with Gasteiger partial charge in [0.25, 0.3) is 0 Å². The zero-order valence-corrected chi connectivity index (χ0v) is 2.28. The largest absolute Gasteiger partial charge is 0.103 e. The van der Waals surface area contributed by atoms with Crippen molar-refractivity contribution in [2.75, 3.05) is 0 Å². The smallest absolute Gasteiger partial charge is 0 e. The van der Waals surface area contributed by atoms with E-state index in [-0.39, 0.29) is 15.2 Å². The van der Waals surface area contributed by atoms with Crippen LogP contribution in [0.3, 0.4) is 0 Å². The number of rotatable bonds is 0. The van der Waals surface area contributed by atoms with Gasteiger partial charge in [0.05, 0.1) is 0 Å². The molecule has 0 nitrogen and oxygen atoms in total. The lowest BCUT2D eigenvalue weighted by Crippen LogP contribution is -1.07. The normalized spacial score (nSPS) is 3.25. The molecule has 0 rings (SSSR count). The molecule has 0 aliphatic heterocycles. The lowest BCUT2D eigenvalue weighted by molar-refractivity contribution is 1.80. The fraction of sp³-hybridized carbons (Fsp3) is 0.333. The van der Waals surface area contributed by atoms with Gasteiger partial charge in [0.15, 0.2) is 0 Å². The second kappa shape index (κ2) is 12.4. The topological polar surface area (TPSA) is 0 Å². The first-order chi connectivity index (χ1) is 1.41. The maximum absolute atomic E-state index is 3.36. The maximum Gasteiger partial charge on any atom is 0 e. The molecule has 0 spiro atoms. The summed E-state index contributed by atoms with van der Waals surface area (Å²) in [5.74, 6) is 0. The van der Waals surface area contributed by atoms with E-state index in [1.54, 1.807) is 6.08 Å². The molecule has 0 saturated heterocycles. The van der Waals surface area contributed by atoms with Crippen LogP contribution in [0.25, 0.3) is 0 Å². The van der Waals surface area contributed by atoms with Crippen LogP contribution < -0.4 is 0 Å².